The zero-order valence-corrected chi connectivity index (χ0v) is 16.7. The molecule has 1 fully saturated rings. The van der Waals surface area contributed by atoms with E-state index in [0.717, 1.165) is 12.2 Å². The average Bonchev–Trinajstić information content (AvgIpc) is 2.76. The third-order valence-corrected chi connectivity index (χ3v) is 7.31. The number of alkyl halides is 1. The number of rotatable bonds is 6. The molecule has 6 heteroatoms. The molecule has 2 N–H and O–H groups in total. The summed E-state index contributed by atoms with van der Waals surface area (Å²) in [5.74, 6) is -0.581. The van der Waals surface area contributed by atoms with Crippen LogP contribution in [0, 0.1) is 17.3 Å². The largest absolute Gasteiger partial charge is 0.479 e. The van der Waals surface area contributed by atoms with Crippen LogP contribution in [0.5, 0.6) is 0 Å². The van der Waals surface area contributed by atoms with Gasteiger partial charge in [-0.2, -0.15) is 0 Å². The number of carboxylic acids is 1. The molecule has 1 aliphatic rings. The lowest BCUT2D eigenvalue weighted by molar-refractivity contribution is -0.146. The first kappa shape index (κ1) is 19.8. The number of nitrogens with one attached hydrogen (secondary N) is 1. The maximum atomic E-state index is 11.9. The van der Waals surface area contributed by atoms with Crippen LogP contribution in [0.15, 0.2) is 24.3 Å². The van der Waals surface area contributed by atoms with Crippen LogP contribution in [0.25, 0.3) is 0 Å². The number of ether oxygens (including phenoxy) is 1. The fourth-order valence-electron chi connectivity index (χ4n) is 3.42. The molecule has 1 aromatic carbocycles. The van der Waals surface area contributed by atoms with E-state index in [1.54, 1.807) is 12.1 Å². The lowest BCUT2D eigenvalue weighted by Crippen LogP contribution is -2.30. The van der Waals surface area contributed by atoms with Gasteiger partial charge in [-0.3, -0.25) is 0 Å². The molecule has 0 amide bonds. The molecule has 4 atom stereocenters. The smallest absolute Gasteiger partial charge is 0.344 e. The molecule has 4 unspecified atom stereocenters. The Hall–Kier alpha value is -1.56. The van der Waals surface area contributed by atoms with Crippen molar-refractivity contribution in [3.05, 3.63) is 29.8 Å². The zero-order chi connectivity index (χ0) is 18.8. The van der Waals surface area contributed by atoms with Gasteiger partial charge in [0.05, 0.1) is 5.56 Å². The van der Waals surface area contributed by atoms with Gasteiger partial charge in [0.1, 0.15) is 0 Å². The Morgan fingerprint density at radius 3 is 2.44 bits per heavy atom. The molecule has 1 aliphatic carbocycles. The summed E-state index contributed by atoms with van der Waals surface area (Å²) in [7, 11) is 0. The molecule has 0 aromatic heterocycles. The predicted octanol–water partition coefficient (Wildman–Crippen LogP) is 4.17. The second kappa shape index (κ2) is 7.77. The summed E-state index contributed by atoms with van der Waals surface area (Å²) < 4.78 is 4.87. The van der Waals surface area contributed by atoms with Crippen molar-refractivity contribution in [2.45, 2.75) is 45.0 Å². The maximum absolute atomic E-state index is 11.9. The second-order valence-electron chi connectivity index (χ2n) is 7.48. The number of carbonyl (C=O) groups excluding carboxylic acids is 1. The molecule has 0 saturated heterocycles. The topological polar surface area (TPSA) is 75.6 Å². The third-order valence-electron chi connectivity index (χ3n) is 5.22. The van der Waals surface area contributed by atoms with Gasteiger partial charge in [-0.05, 0) is 54.9 Å². The number of carboxylic acid groups (broad SMARTS) is 1. The summed E-state index contributed by atoms with van der Waals surface area (Å²) in [5.41, 5.74) is 1.50. The highest BCUT2D eigenvalue weighted by molar-refractivity contribution is 9.09. The molecule has 1 saturated carbocycles. The number of halogens is 1. The summed E-state index contributed by atoms with van der Waals surface area (Å²) in [6.07, 6.45) is 0.0158. The lowest BCUT2D eigenvalue weighted by Gasteiger charge is -2.31. The van der Waals surface area contributed by atoms with Gasteiger partial charge in [-0.25, -0.2) is 9.59 Å². The molecule has 2 rings (SSSR count). The number of aliphatic carboxylic acids is 1. The number of anilines is 1. The maximum Gasteiger partial charge on any atom is 0.344 e. The van der Waals surface area contributed by atoms with Gasteiger partial charge in [0.25, 0.3) is 0 Å². The number of hydrogen-bond donors (Lipinski definition) is 2. The number of esters is 1. The predicted molar refractivity (Wildman–Crippen MR) is 101 cm³/mol. The van der Waals surface area contributed by atoms with Gasteiger partial charge < -0.3 is 15.2 Å². The standard InChI is InChI=1S/C19H26BrNO4/c1-11-9-14(19(3,4)16(11)20)10-21-15-7-5-13(6-8-15)18(24)25-12(2)17(22)23/h5-8,11-12,14,16,21H,9-10H2,1-4H3,(H,22,23). The Labute approximate surface area is 157 Å². The summed E-state index contributed by atoms with van der Waals surface area (Å²) in [4.78, 5) is 23.1. The van der Waals surface area contributed by atoms with Gasteiger partial charge in [-0.1, -0.05) is 36.7 Å². The van der Waals surface area contributed by atoms with Crippen molar-refractivity contribution in [2.75, 3.05) is 11.9 Å². The molecule has 25 heavy (non-hydrogen) atoms. The zero-order valence-electron chi connectivity index (χ0n) is 15.1. The molecular weight excluding hydrogens is 386 g/mol. The average molecular weight is 412 g/mol. The minimum Gasteiger partial charge on any atom is -0.479 e. The first-order valence-electron chi connectivity index (χ1n) is 8.54. The van der Waals surface area contributed by atoms with E-state index in [9.17, 15) is 9.59 Å². The summed E-state index contributed by atoms with van der Waals surface area (Å²) in [6.45, 7) is 9.08. The SMILES string of the molecule is CC(OC(=O)c1ccc(NCC2CC(C)C(Br)C2(C)C)cc1)C(=O)O. The van der Waals surface area contributed by atoms with E-state index < -0.39 is 18.0 Å². The number of benzene rings is 1. The van der Waals surface area contributed by atoms with Crippen LogP contribution in [0.3, 0.4) is 0 Å². The normalized spacial score (nSPS) is 26.0. The van der Waals surface area contributed by atoms with E-state index in [1.165, 1.54) is 13.3 Å². The van der Waals surface area contributed by atoms with Crippen LogP contribution in [-0.4, -0.2) is 34.5 Å². The first-order chi connectivity index (χ1) is 11.6. The molecule has 0 bridgehead atoms. The van der Waals surface area contributed by atoms with Crippen molar-refractivity contribution in [3.63, 3.8) is 0 Å². The van der Waals surface area contributed by atoms with Crippen LogP contribution in [0.2, 0.25) is 0 Å². The van der Waals surface area contributed by atoms with Crippen LogP contribution >= 0.6 is 15.9 Å². The molecule has 0 aliphatic heterocycles. The van der Waals surface area contributed by atoms with Crippen LogP contribution < -0.4 is 5.32 Å². The minimum atomic E-state index is -1.16. The Morgan fingerprint density at radius 2 is 1.96 bits per heavy atom. The van der Waals surface area contributed by atoms with Crippen LogP contribution in [0.4, 0.5) is 5.69 Å². The molecule has 0 radical (unpaired) electrons. The van der Waals surface area contributed by atoms with Gasteiger partial charge >= 0.3 is 11.9 Å². The van der Waals surface area contributed by atoms with E-state index in [-0.39, 0.29) is 5.41 Å². The minimum absolute atomic E-state index is 0.225. The van der Waals surface area contributed by atoms with Gasteiger partial charge in [0.2, 0.25) is 0 Å². The first-order valence-corrected chi connectivity index (χ1v) is 9.46. The van der Waals surface area contributed by atoms with Crippen molar-refractivity contribution >= 4 is 33.6 Å². The lowest BCUT2D eigenvalue weighted by atomic mass is 9.81. The van der Waals surface area contributed by atoms with Crippen molar-refractivity contribution in [1.82, 2.24) is 0 Å². The summed E-state index contributed by atoms with van der Waals surface area (Å²) >= 11 is 3.83. The molecule has 0 heterocycles. The molecule has 5 nitrogen and oxygen atoms in total. The fourth-order valence-corrected chi connectivity index (χ4v) is 4.01. The van der Waals surface area contributed by atoms with E-state index >= 15 is 0 Å². The monoisotopic (exact) mass is 411 g/mol. The van der Waals surface area contributed by atoms with Gasteiger partial charge in [0.15, 0.2) is 6.10 Å². The molecule has 138 valence electrons. The summed E-state index contributed by atoms with van der Waals surface area (Å²) in [6, 6.07) is 6.93. The van der Waals surface area contributed by atoms with Gasteiger partial charge in [-0.15, -0.1) is 0 Å². The highest BCUT2D eigenvalue weighted by Crippen LogP contribution is 2.49. The second-order valence-corrected chi connectivity index (χ2v) is 8.46. The Morgan fingerprint density at radius 1 is 1.36 bits per heavy atom. The van der Waals surface area contributed by atoms with Crippen molar-refractivity contribution in [2.24, 2.45) is 17.3 Å². The van der Waals surface area contributed by atoms with Crippen LogP contribution in [0.1, 0.15) is 44.5 Å². The highest BCUT2D eigenvalue weighted by atomic mass is 79.9. The van der Waals surface area contributed by atoms with E-state index in [4.69, 9.17) is 9.84 Å². The number of carbonyl (C=O) groups is 2. The number of hydrogen-bond acceptors (Lipinski definition) is 4. The quantitative estimate of drug-likeness (QED) is 0.542. The molecule has 0 spiro atoms. The third kappa shape index (κ3) is 4.54. The summed E-state index contributed by atoms with van der Waals surface area (Å²) in [5, 5.41) is 12.2. The van der Waals surface area contributed by atoms with E-state index in [2.05, 4.69) is 42.0 Å². The fraction of sp³-hybridized carbons (Fsp3) is 0.579. The molecular formula is C19H26BrNO4. The van der Waals surface area contributed by atoms with E-state index in [0.29, 0.717) is 22.2 Å². The van der Waals surface area contributed by atoms with Crippen molar-refractivity contribution in [1.29, 1.82) is 0 Å². The highest BCUT2D eigenvalue weighted by Gasteiger charge is 2.45. The van der Waals surface area contributed by atoms with Crippen molar-refractivity contribution in [3.8, 4) is 0 Å². The van der Waals surface area contributed by atoms with Gasteiger partial charge in [0, 0.05) is 17.1 Å². The van der Waals surface area contributed by atoms with Crippen molar-refractivity contribution < 1.29 is 19.4 Å². The Bertz CT molecular complexity index is 629. The Kier molecular flexibility index (Phi) is 6.14. The molecule has 1 aromatic rings. The Balaban J connectivity index is 1.93. The van der Waals surface area contributed by atoms with E-state index in [1.807, 2.05) is 12.1 Å². The van der Waals surface area contributed by atoms with Crippen LogP contribution in [-0.2, 0) is 9.53 Å².